The molecule has 0 aliphatic carbocycles. The summed E-state index contributed by atoms with van der Waals surface area (Å²) in [4.78, 5) is 25.9. The molecule has 0 bridgehead atoms. The first kappa shape index (κ1) is 19.5. The van der Waals surface area contributed by atoms with E-state index in [0.717, 1.165) is 7.05 Å². The summed E-state index contributed by atoms with van der Waals surface area (Å²) < 4.78 is 39.9. The Kier molecular flexibility index (Phi) is 4.94. The summed E-state index contributed by atoms with van der Waals surface area (Å²) in [5, 5.41) is 11.9. The van der Waals surface area contributed by atoms with Crippen LogP contribution in [0.5, 0.6) is 0 Å². The Morgan fingerprint density at radius 1 is 1.25 bits per heavy atom. The van der Waals surface area contributed by atoms with Gasteiger partial charge in [-0.05, 0) is 23.4 Å². The molecule has 0 saturated heterocycles. The highest BCUT2D eigenvalue weighted by Gasteiger charge is 2.35. The summed E-state index contributed by atoms with van der Waals surface area (Å²) in [5.74, 6) is 0.116. The van der Waals surface area contributed by atoms with Gasteiger partial charge in [-0.25, -0.2) is 9.36 Å². The van der Waals surface area contributed by atoms with Gasteiger partial charge in [-0.2, -0.15) is 18.0 Å². The van der Waals surface area contributed by atoms with E-state index in [-0.39, 0.29) is 22.1 Å². The van der Waals surface area contributed by atoms with Gasteiger partial charge in [0, 0.05) is 18.7 Å². The number of allylic oxidation sites excluding steroid dienone is 1. The maximum atomic E-state index is 13.0. The summed E-state index contributed by atoms with van der Waals surface area (Å²) in [6, 6.07) is 4.39. The van der Waals surface area contributed by atoms with E-state index in [4.69, 9.17) is 11.6 Å². The minimum absolute atomic E-state index is 0.0128. The standard InChI is InChI=1S/C16H12ClF3N6O2/c1-3-6-25-22-14(21-23-25)10-7-9(4-5-11(10)17)26-13(27)8-12(16(18,19)20)24(2)15(26)28/h3-5,7-8H,1,6H2,2H3. The molecule has 2 heterocycles. The second kappa shape index (κ2) is 7.08. The maximum absolute atomic E-state index is 13.0. The Morgan fingerprint density at radius 3 is 2.61 bits per heavy atom. The summed E-state index contributed by atoms with van der Waals surface area (Å²) in [6.07, 6.45) is -3.29. The second-order valence-corrected chi connectivity index (χ2v) is 6.07. The molecule has 1 aromatic carbocycles. The highest BCUT2D eigenvalue weighted by Crippen LogP contribution is 2.28. The molecule has 2 aromatic heterocycles. The zero-order valence-electron chi connectivity index (χ0n) is 14.3. The molecule has 0 atom stereocenters. The second-order valence-electron chi connectivity index (χ2n) is 5.66. The fourth-order valence-electron chi connectivity index (χ4n) is 2.50. The number of rotatable bonds is 4. The molecule has 0 saturated carbocycles. The SMILES string of the molecule is C=CCn1nnc(-c2cc(-n3c(=O)cc(C(F)(F)F)n(C)c3=O)ccc2Cl)n1. The first-order valence-electron chi connectivity index (χ1n) is 7.72. The fraction of sp³-hybridized carbons (Fsp3) is 0.188. The topological polar surface area (TPSA) is 87.6 Å². The molecule has 8 nitrogen and oxygen atoms in total. The summed E-state index contributed by atoms with van der Waals surface area (Å²) in [7, 11) is 0.931. The lowest BCUT2D eigenvalue weighted by Crippen LogP contribution is -2.40. The maximum Gasteiger partial charge on any atom is 0.431 e. The zero-order chi connectivity index (χ0) is 20.6. The van der Waals surface area contributed by atoms with Crippen molar-refractivity contribution in [3.8, 4) is 17.1 Å². The number of hydrogen-bond acceptors (Lipinski definition) is 5. The lowest BCUT2D eigenvalue weighted by atomic mass is 10.2. The van der Waals surface area contributed by atoms with Crippen LogP contribution in [0, 0.1) is 0 Å². The van der Waals surface area contributed by atoms with E-state index in [0.29, 0.717) is 21.7 Å². The third-order valence-corrected chi connectivity index (χ3v) is 4.13. The third kappa shape index (κ3) is 3.48. The van der Waals surface area contributed by atoms with Crippen LogP contribution in [0.1, 0.15) is 5.69 Å². The van der Waals surface area contributed by atoms with Gasteiger partial charge in [0.15, 0.2) is 0 Å². The molecule has 0 aliphatic rings. The lowest BCUT2D eigenvalue weighted by molar-refractivity contribution is -0.144. The van der Waals surface area contributed by atoms with Gasteiger partial charge in [0.25, 0.3) is 5.56 Å². The molecular weight excluding hydrogens is 401 g/mol. The molecular formula is C16H12ClF3N6O2. The van der Waals surface area contributed by atoms with Crippen molar-refractivity contribution >= 4 is 11.6 Å². The van der Waals surface area contributed by atoms with Crippen LogP contribution in [-0.2, 0) is 19.8 Å². The van der Waals surface area contributed by atoms with Crippen molar-refractivity contribution in [3.05, 3.63) is 68.5 Å². The van der Waals surface area contributed by atoms with Crippen molar-refractivity contribution in [3.63, 3.8) is 0 Å². The molecule has 3 aromatic rings. The average molecular weight is 413 g/mol. The van der Waals surface area contributed by atoms with E-state index < -0.39 is 23.1 Å². The summed E-state index contributed by atoms with van der Waals surface area (Å²) >= 11 is 6.14. The Morgan fingerprint density at radius 2 is 1.96 bits per heavy atom. The van der Waals surface area contributed by atoms with Crippen molar-refractivity contribution in [2.24, 2.45) is 7.05 Å². The Balaban J connectivity index is 2.18. The Bertz CT molecular complexity index is 1180. The van der Waals surface area contributed by atoms with E-state index in [1.54, 1.807) is 6.08 Å². The van der Waals surface area contributed by atoms with Crippen LogP contribution < -0.4 is 11.2 Å². The molecule has 0 fully saturated rings. The van der Waals surface area contributed by atoms with E-state index in [1.165, 1.54) is 23.0 Å². The number of tetrazole rings is 1. The van der Waals surface area contributed by atoms with Crippen LogP contribution in [0.2, 0.25) is 5.02 Å². The van der Waals surface area contributed by atoms with Crippen molar-refractivity contribution in [2.45, 2.75) is 12.7 Å². The molecule has 0 amide bonds. The molecule has 0 N–H and O–H groups in total. The van der Waals surface area contributed by atoms with Crippen molar-refractivity contribution in [1.82, 2.24) is 29.3 Å². The zero-order valence-corrected chi connectivity index (χ0v) is 15.1. The molecule has 12 heteroatoms. The van der Waals surface area contributed by atoms with Gasteiger partial charge in [-0.1, -0.05) is 17.7 Å². The van der Waals surface area contributed by atoms with Gasteiger partial charge in [-0.3, -0.25) is 9.36 Å². The molecule has 0 unspecified atom stereocenters. The number of aromatic nitrogens is 6. The Labute approximate surface area is 160 Å². The van der Waals surface area contributed by atoms with Crippen LogP contribution in [0.4, 0.5) is 13.2 Å². The minimum atomic E-state index is -4.84. The van der Waals surface area contributed by atoms with Crippen LogP contribution in [0.25, 0.3) is 17.1 Å². The monoisotopic (exact) mass is 412 g/mol. The van der Waals surface area contributed by atoms with Crippen LogP contribution in [0.3, 0.4) is 0 Å². The number of hydrogen-bond donors (Lipinski definition) is 0. The highest BCUT2D eigenvalue weighted by molar-refractivity contribution is 6.33. The predicted molar refractivity (Wildman–Crippen MR) is 94.3 cm³/mol. The fourth-order valence-corrected chi connectivity index (χ4v) is 2.70. The van der Waals surface area contributed by atoms with Gasteiger partial charge in [0.05, 0.1) is 17.3 Å². The minimum Gasteiger partial charge on any atom is -0.292 e. The largest absolute Gasteiger partial charge is 0.431 e. The first-order chi connectivity index (χ1) is 13.1. The number of benzene rings is 1. The smallest absolute Gasteiger partial charge is 0.292 e. The highest BCUT2D eigenvalue weighted by atomic mass is 35.5. The molecule has 146 valence electrons. The lowest BCUT2D eigenvalue weighted by Gasteiger charge is -2.14. The van der Waals surface area contributed by atoms with E-state index in [1.807, 2.05) is 0 Å². The quantitative estimate of drug-likeness (QED) is 0.612. The van der Waals surface area contributed by atoms with Crippen molar-refractivity contribution < 1.29 is 13.2 Å². The molecule has 3 rings (SSSR count). The van der Waals surface area contributed by atoms with Crippen LogP contribution in [-0.4, -0.2) is 29.3 Å². The van der Waals surface area contributed by atoms with Gasteiger partial charge < -0.3 is 0 Å². The third-order valence-electron chi connectivity index (χ3n) is 3.80. The summed E-state index contributed by atoms with van der Waals surface area (Å²) in [6.45, 7) is 3.85. The van der Waals surface area contributed by atoms with Crippen LogP contribution in [0.15, 0.2) is 46.5 Å². The average Bonchev–Trinajstić information content (AvgIpc) is 3.07. The number of nitrogens with zero attached hydrogens (tertiary/aromatic N) is 6. The summed E-state index contributed by atoms with van der Waals surface area (Å²) in [5.41, 5.74) is -3.37. The Hall–Kier alpha value is -3.21. The molecule has 28 heavy (non-hydrogen) atoms. The van der Waals surface area contributed by atoms with E-state index in [9.17, 15) is 22.8 Å². The van der Waals surface area contributed by atoms with Crippen molar-refractivity contribution in [2.75, 3.05) is 0 Å². The molecule has 0 radical (unpaired) electrons. The predicted octanol–water partition coefficient (Wildman–Crippen LogP) is 2.05. The first-order valence-corrected chi connectivity index (χ1v) is 8.10. The van der Waals surface area contributed by atoms with Gasteiger partial charge in [0.2, 0.25) is 5.82 Å². The van der Waals surface area contributed by atoms with Gasteiger partial charge in [-0.15, -0.1) is 16.8 Å². The van der Waals surface area contributed by atoms with E-state index in [2.05, 4.69) is 22.0 Å². The van der Waals surface area contributed by atoms with E-state index >= 15 is 0 Å². The molecule has 0 aliphatic heterocycles. The van der Waals surface area contributed by atoms with Crippen LogP contribution >= 0.6 is 11.6 Å². The normalized spacial score (nSPS) is 11.6. The van der Waals surface area contributed by atoms with Crippen molar-refractivity contribution in [1.29, 1.82) is 0 Å². The van der Waals surface area contributed by atoms with Gasteiger partial charge >= 0.3 is 11.9 Å². The number of alkyl halides is 3. The number of halogens is 4. The molecule has 0 spiro atoms. The van der Waals surface area contributed by atoms with Gasteiger partial charge in [0.1, 0.15) is 5.69 Å².